The number of carbonyl (C=O) groups excluding carboxylic acids is 1. The van der Waals surface area contributed by atoms with Crippen LogP contribution in [0, 0.1) is 5.82 Å². The molecule has 0 radical (unpaired) electrons. The number of nitrogens with zero attached hydrogens (tertiary/aromatic N) is 4. The van der Waals surface area contributed by atoms with Gasteiger partial charge in [-0.05, 0) is 42.0 Å². The minimum atomic E-state index is -0.335. The SMILES string of the molecule is O=C(NCCN1CCOCC1)c1ccc2c(c1)n(Cc1ccc(F)cc1)c(=O)c1ccnn12. The van der Waals surface area contributed by atoms with Crippen LogP contribution < -0.4 is 10.9 Å². The van der Waals surface area contributed by atoms with Gasteiger partial charge in [0.2, 0.25) is 0 Å². The number of halogens is 1. The summed E-state index contributed by atoms with van der Waals surface area (Å²) in [7, 11) is 0. The molecule has 1 aliphatic rings. The normalized spacial score (nSPS) is 14.7. The summed E-state index contributed by atoms with van der Waals surface area (Å²) in [4.78, 5) is 28.3. The smallest absolute Gasteiger partial charge is 0.277 e. The first kappa shape index (κ1) is 21.3. The van der Waals surface area contributed by atoms with Gasteiger partial charge >= 0.3 is 0 Å². The Hall–Kier alpha value is -3.56. The van der Waals surface area contributed by atoms with E-state index in [4.69, 9.17) is 4.74 Å². The second-order valence-corrected chi connectivity index (χ2v) is 8.06. The topological polar surface area (TPSA) is 80.9 Å². The van der Waals surface area contributed by atoms with Gasteiger partial charge in [0.15, 0.2) is 0 Å². The van der Waals surface area contributed by atoms with Crippen molar-refractivity contribution in [1.82, 2.24) is 24.4 Å². The number of fused-ring (bicyclic) bond motifs is 3. The van der Waals surface area contributed by atoms with Crippen LogP contribution in [0.4, 0.5) is 4.39 Å². The highest BCUT2D eigenvalue weighted by molar-refractivity contribution is 5.97. The third-order valence-corrected chi connectivity index (χ3v) is 5.93. The van der Waals surface area contributed by atoms with Gasteiger partial charge < -0.3 is 14.6 Å². The van der Waals surface area contributed by atoms with Crippen LogP contribution in [0.2, 0.25) is 0 Å². The van der Waals surface area contributed by atoms with E-state index in [9.17, 15) is 14.0 Å². The number of aromatic nitrogens is 3. The third kappa shape index (κ3) is 4.37. The first-order valence-electron chi connectivity index (χ1n) is 10.9. The molecule has 9 heteroatoms. The van der Waals surface area contributed by atoms with Crippen LogP contribution in [0.5, 0.6) is 0 Å². The van der Waals surface area contributed by atoms with Gasteiger partial charge in [-0.3, -0.25) is 14.5 Å². The van der Waals surface area contributed by atoms with Gasteiger partial charge in [-0.1, -0.05) is 12.1 Å². The molecule has 1 N–H and O–H groups in total. The number of rotatable bonds is 6. The molecule has 0 bridgehead atoms. The summed E-state index contributed by atoms with van der Waals surface area (Å²) >= 11 is 0. The largest absolute Gasteiger partial charge is 0.379 e. The lowest BCUT2D eigenvalue weighted by molar-refractivity contribution is 0.0383. The molecule has 5 rings (SSSR count). The quantitative estimate of drug-likeness (QED) is 0.486. The first-order chi connectivity index (χ1) is 16.1. The number of amides is 1. The number of hydrogen-bond acceptors (Lipinski definition) is 5. The van der Waals surface area contributed by atoms with Crippen LogP contribution in [-0.2, 0) is 11.3 Å². The maximum absolute atomic E-state index is 13.4. The predicted octanol–water partition coefficient (Wildman–Crippen LogP) is 1.90. The van der Waals surface area contributed by atoms with Crippen molar-refractivity contribution in [1.29, 1.82) is 0 Å². The van der Waals surface area contributed by atoms with Crippen LogP contribution in [0.3, 0.4) is 0 Å². The summed E-state index contributed by atoms with van der Waals surface area (Å²) in [5, 5.41) is 7.24. The van der Waals surface area contributed by atoms with Gasteiger partial charge in [-0.2, -0.15) is 5.10 Å². The standard InChI is InChI=1S/C24H24FN5O3/c25-19-4-1-17(2-5-19)16-29-22-15-18(23(31)26-9-10-28-11-13-33-14-12-28)3-6-20(22)30-21(24(29)32)7-8-27-30/h1-8,15H,9-14,16H2,(H,26,31). The molecule has 8 nitrogen and oxygen atoms in total. The number of hydrogen-bond donors (Lipinski definition) is 1. The van der Waals surface area contributed by atoms with Gasteiger partial charge in [-0.25, -0.2) is 8.91 Å². The highest BCUT2D eigenvalue weighted by atomic mass is 19.1. The molecule has 0 saturated carbocycles. The fraction of sp³-hybridized carbons (Fsp3) is 0.292. The molecule has 1 saturated heterocycles. The molecule has 4 aromatic rings. The van der Waals surface area contributed by atoms with Crippen molar-refractivity contribution < 1.29 is 13.9 Å². The predicted molar refractivity (Wildman–Crippen MR) is 122 cm³/mol. The van der Waals surface area contributed by atoms with Crippen molar-refractivity contribution in [2.45, 2.75) is 6.54 Å². The lowest BCUT2D eigenvalue weighted by atomic mass is 10.1. The third-order valence-electron chi connectivity index (χ3n) is 5.93. The fourth-order valence-electron chi connectivity index (χ4n) is 4.15. The van der Waals surface area contributed by atoms with Gasteiger partial charge in [0, 0.05) is 31.7 Å². The Morgan fingerprint density at radius 2 is 1.82 bits per heavy atom. The average molecular weight is 449 g/mol. The van der Waals surface area contributed by atoms with E-state index in [1.165, 1.54) is 12.1 Å². The van der Waals surface area contributed by atoms with Gasteiger partial charge in [0.1, 0.15) is 11.3 Å². The summed E-state index contributed by atoms with van der Waals surface area (Å²) in [5.74, 6) is -0.537. The molecule has 1 fully saturated rings. The molecule has 2 aromatic heterocycles. The number of nitrogens with one attached hydrogen (secondary N) is 1. The minimum absolute atomic E-state index is 0.202. The Labute approximate surface area is 189 Å². The Morgan fingerprint density at radius 3 is 2.61 bits per heavy atom. The van der Waals surface area contributed by atoms with Crippen molar-refractivity contribution in [2.24, 2.45) is 0 Å². The first-order valence-corrected chi connectivity index (χ1v) is 10.9. The summed E-state index contributed by atoms with van der Waals surface area (Å²) < 4.78 is 21.9. The number of benzene rings is 2. The highest BCUT2D eigenvalue weighted by Gasteiger charge is 2.16. The van der Waals surface area contributed by atoms with E-state index < -0.39 is 0 Å². The van der Waals surface area contributed by atoms with Crippen LogP contribution >= 0.6 is 0 Å². The zero-order valence-corrected chi connectivity index (χ0v) is 18.0. The highest BCUT2D eigenvalue weighted by Crippen LogP contribution is 2.18. The molecule has 0 aliphatic carbocycles. The van der Waals surface area contributed by atoms with Crippen LogP contribution in [0.25, 0.3) is 16.6 Å². The molecular formula is C24H24FN5O3. The number of carbonyl (C=O) groups is 1. The lowest BCUT2D eigenvalue weighted by Gasteiger charge is -2.26. The molecule has 2 aromatic carbocycles. The molecule has 33 heavy (non-hydrogen) atoms. The molecule has 0 atom stereocenters. The van der Waals surface area contributed by atoms with E-state index in [-0.39, 0.29) is 23.8 Å². The van der Waals surface area contributed by atoms with E-state index in [0.29, 0.717) is 41.9 Å². The van der Waals surface area contributed by atoms with E-state index in [2.05, 4.69) is 15.3 Å². The maximum atomic E-state index is 13.4. The number of morpholine rings is 1. The molecular weight excluding hydrogens is 425 g/mol. The van der Waals surface area contributed by atoms with E-state index in [1.807, 2.05) is 0 Å². The summed E-state index contributed by atoms with van der Waals surface area (Å²) in [6.45, 7) is 4.68. The number of ether oxygens (including phenoxy) is 1. The van der Waals surface area contributed by atoms with Gasteiger partial charge in [-0.15, -0.1) is 0 Å². The average Bonchev–Trinajstić information content (AvgIpc) is 3.34. The summed E-state index contributed by atoms with van der Waals surface area (Å²) in [6, 6.07) is 12.9. The molecule has 0 unspecified atom stereocenters. The Morgan fingerprint density at radius 1 is 1.03 bits per heavy atom. The van der Waals surface area contributed by atoms with Crippen molar-refractivity contribution in [2.75, 3.05) is 39.4 Å². The fourth-order valence-corrected chi connectivity index (χ4v) is 4.15. The molecule has 0 spiro atoms. The minimum Gasteiger partial charge on any atom is -0.379 e. The van der Waals surface area contributed by atoms with Crippen LogP contribution in [-0.4, -0.2) is 64.4 Å². The van der Waals surface area contributed by atoms with Crippen LogP contribution in [0.15, 0.2) is 59.5 Å². The monoisotopic (exact) mass is 449 g/mol. The molecule has 1 aliphatic heterocycles. The van der Waals surface area contributed by atoms with Gasteiger partial charge in [0.25, 0.3) is 11.5 Å². The lowest BCUT2D eigenvalue weighted by Crippen LogP contribution is -2.41. The molecule has 1 amide bonds. The zero-order valence-electron chi connectivity index (χ0n) is 18.0. The summed E-state index contributed by atoms with van der Waals surface area (Å²) in [5.41, 5.74) is 2.75. The van der Waals surface area contributed by atoms with E-state index in [0.717, 1.165) is 25.2 Å². The van der Waals surface area contributed by atoms with Crippen molar-refractivity contribution in [3.63, 3.8) is 0 Å². The Kier molecular flexibility index (Phi) is 5.89. The van der Waals surface area contributed by atoms with Crippen molar-refractivity contribution >= 4 is 22.5 Å². The summed E-state index contributed by atoms with van der Waals surface area (Å²) in [6.07, 6.45) is 1.57. The Bertz CT molecular complexity index is 1360. The van der Waals surface area contributed by atoms with Gasteiger partial charge in [0.05, 0.1) is 37.0 Å². The van der Waals surface area contributed by atoms with E-state index >= 15 is 0 Å². The Balaban J connectivity index is 1.46. The zero-order chi connectivity index (χ0) is 22.8. The second kappa shape index (κ2) is 9.13. The molecule has 170 valence electrons. The van der Waals surface area contributed by atoms with Crippen molar-refractivity contribution in [3.8, 4) is 0 Å². The second-order valence-electron chi connectivity index (χ2n) is 8.06. The molecule has 3 heterocycles. The van der Waals surface area contributed by atoms with Crippen molar-refractivity contribution in [3.05, 3.63) is 82.0 Å². The van der Waals surface area contributed by atoms with E-state index in [1.54, 1.807) is 51.7 Å². The maximum Gasteiger partial charge on any atom is 0.277 e. The van der Waals surface area contributed by atoms with Crippen LogP contribution in [0.1, 0.15) is 15.9 Å².